The zero-order chi connectivity index (χ0) is 23.5. The quantitative estimate of drug-likeness (QED) is 0.594. The number of benzene rings is 1. The summed E-state index contributed by atoms with van der Waals surface area (Å²) in [6.07, 6.45) is 4.48. The molecule has 2 aromatic heterocycles. The molecular formula is C23H26N4O5S. The molecule has 174 valence electrons. The number of rotatable bonds is 6. The van der Waals surface area contributed by atoms with Gasteiger partial charge in [-0.25, -0.2) is 4.98 Å². The molecule has 1 fully saturated rings. The van der Waals surface area contributed by atoms with Crippen LogP contribution >= 0.6 is 11.3 Å². The van der Waals surface area contributed by atoms with Gasteiger partial charge in [-0.1, -0.05) is 0 Å². The van der Waals surface area contributed by atoms with Crippen molar-refractivity contribution in [2.75, 3.05) is 32.6 Å². The number of methoxy groups -OCH3 is 2. The molecule has 3 aromatic rings. The zero-order valence-corrected chi connectivity index (χ0v) is 19.7. The minimum atomic E-state index is -0.366. The van der Waals surface area contributed by atoms with Crippen LogP contribution < -0.4 is 20.3 Å². The minimum absolute atomic E-state index is 0.0539. The van der Waals surface area contributed by atoms with Crippen LogP contribution in [-0.2, 0) is 11.3 Å². The third-order valence-corrected chi connectivity index (χ3v) is 6.99. The summed E-state index contributed by atoms with van der Waals surface area (Å²) in [5.74, 6) is 0.606. The molecule has 0 radical (unpaired) electrons. The lowest BCUT2D eigenvalue weighted by molar-refractivity contribution is -0.132. The summed E-state index contributed by atoms with van der Waals surface area (Å²) in [6.45, 7) is 3.11. The first kappa shape index (κ1) is 22.8. The van der Waals surface area contributed by atoms with Gasteiger partial charge in [0.15, 0.2) is 0 Å². The van der Waals surface area contributed by atoms with Crippen LogP contribution in [0.3, 0.4) is 0 Å². The van der Waals surface area contributed by atoms with Crippen molar-refractivity contribution in [3.05, 3.63) is 45.3 Å². The average molecular weight is 471 g/mol. The number of ether oxygens (including phenoxy) is 2. The maximum absolute atomic E-state index is 13.1. The topological polar surface area (TPSA) is 103 Å². The molecule has 0 aliphatic carbocycles. The maximum atomic E-state index is 13.1. The number of nitrogens with zero attached hydrogens (tertiary/aromatic N) is 3. The number of hydrogen-bond donors (Lipinski definition) is 1. The van der Waals surface area contributed by atoms with E-state index in [2.05, 4.69) is 10.3 Å². The third kappa shape index (κ3) is 4.56. The highest BCUT2D eigenvalue weighted by atomic mass is 32.1. The Morgan fingerprint density at radius 1 is 1.15 bits per heavy atom. The smallest absolute Gasteiger partial charge is 0.266 e. The van der Waals surface area contributed by atoms with Crippen molar-refractivity contribution in [3.63, 3.8) is 0 Å². The summed E-state index contributed by atoms with van der Waals surface area (Å²) in [4.78, 5) is 45.8. The maximum Gasteiger partial charge on any atom is 0.266 e. The summed E-state index contributed by atoms with van der Waals surface area (Å²) in [5, 5.41) is 3.20. The Morgan fingerprint density at radius 2 is 1.91 bits per heavy atom. The number of amides is 2. The van der Waals surface area contributed by atoms with Gasteiger partial charge in [-0.15, -0.1) is 11.3 Å². The van der Waals surface area contributed by atoms with E-state index in [0.29, 0.717) is 37.8 Å². The minimum Gasteiger partial charge on any atom is -0.497 e. The fourth-order valence-corrected chi connectivity index (χ4v) is 4.99. The van der Waals surface area contributed by atoms with Gasteiger partial charge >= 0.3 is 0 Å². The van der Waals surface area contributed by atoms with Crippen LogP contribution in [0.25, 0.3) is 10.2 Å². The summed E-state index contributed by atoms with van der Waals surface area (Å²) < 4.78 is 11.9. The molecule has 1 saturated heterocycles. The van der Waals surface area contributed by atoms with E-state index in [1.165, 1.54) is 18.0 Å². The molecule has 0 unspecified atom stereocenters. The van der Waals surface area contributed by atoms with E-state index in [0.717, 1.165) is 43.7 Å². The van der Waals surface area contributed by atoms with Gasteiger partial charge < -0.3 is 19.7 Å². The Kier molecular flexibility index (Phi) is 6.64. The lowest BCUT2D eigenvalue weighted by Gasteiger charge is -2.26. The van der Waals surface area contributed by atoms with Gasteiger partial charge in [-0.2, -0.15) is 0 Å². The van der Waals surface area contributed by atoms with Crippen LogP contribution in [0.5, 0.6) is 11.5 Å². The number of nitrogens with one attached hydrogen (secondary N) is 1. The second kappa shape index (κ2) is 9.62. The number of thiophene rings is 1. The highest BCUT2D eigenvalue weighted by Gasteiger charge is 2.22. The van der Waals surface area contributed by atoms with Crippen molar-refractivity contribution < 1.29 is 19.1 Å². The molecule has 1 aliphatic rings. The first-order chi connectivity index (χ1) is 15.9. The van der Waals surface area contributed by atoms with E-state index in [1.54, 1.807) is 37.1 Å². The molecule has 0 spiro atoms. The molecule has 4 rings (SSSR count). The van der Waals surface area contributed by atoms with E-state index in [4.69, 9.17) is 9.47 Å². The summed E-state index contributed by atoms with van der Waals surface area (Å²) >= 11 is 1.14. The van der Waals surface area contributed by atoms with Crippen LogP contribution in [0.4, 0.5) is 5.69 Å². The van der Waals surface area contributed by atoms with Crippen molar-refractivity contribution >= 4 is 39.1 Å². The first-order valence-electron chi connectivity index (χ1n) is 10.7. The second-order valence-corrected chi connectivity index (χ2v) is 8.87. The summed E-state index contributed by atoms with van der Waals surface area (Å²) in [7, 11) is 3.06. The molecule has 10 heteroatoms. The monoisotopic (exact) mass is 470 g/mol. The molecule has 0 saturated carbocycles. The van der Waals surface area contributed by atoms with Crippen molar-refractivity contribution in [2.45, 2.75) is 32.7 Å². The molecule has 1 N–H and O–H groups in total. The van der Waals surface area contributed by atoms with E-state index in [9.17, 15) is 14.4 Å². The molecule has 1 aromatic carbocycles. The van der Waals surface area contributed by atoms with Crippen molar-refractivity contribution in [3.8, 4) is 11.5 Å². The number of anilines is 1. The Morgan fingerprint density at radius 3 is 2.61 bits per heavy atom. The number of carbonyl (C=O) groups excluding carboxylic acids is 2. The van der Waals surface area contributed by atoms with E-state index >= 15 is 0 Å². The Bertz CT molecular complexity index is 1260. The van der Waals surface area contributed by atoms with Crippen LogP contribution in [0, 0.1) is 6.92 Å². The van der Waals surface area contributed by atoms with Gasteiger partial charge in [0.2, 0.25) is 5.91 Å². The second-order valence-electron chi connectivity index (χ2n) is 7.88. The van der Waals surface area contributed by atoms with Gasteiger partial charge in [0, 0.05) is 19.2 Å². The van der Waals surface area contributed by atoms with Crippen LogP contribution in [0.15, 0.2) is 29.3 Å². The number of aryl methyl sites for hydroxylation is 1. The molecule has 1 aliphatic heterocycles. The third-order valence-electron chi connectivity index (χ3n) is 5.79. The number of aromatic nitrogens is 2. The number of piperidine rings is 1. The SMILES string of the molecule is COc1ccc(NC(=O)c2sc3ncn(CC(=O)N4CCCCC4)c(=O)c3c2C)c(OC)c1. The lowest BCUT2D eigenvalue weighted by Crippen LogP contribution is -2.39. The van der Waals surface area contributed by atoms with Crippen LogP contribution in [0.2, 0.25) is 0 Å². The normalized spacial score (nSPS) is 13.7. The fraction of sp³-hybridized carbons (Fsp3) is 0.391. The number of fused-ring (bicyclic) bond motifs is 1. The Hall–Kier alpha value is -3.40. The number of hydrogen-bond acceptors (Lipinski definition) is 7. The number of carbonyl (C=O) groups is 2. The van der Waals surface area contributed by atoms with Crippen LogP contribution in [-0.4, -0.2) is 53.6 Å². The predicted molar refractivity (Wildman–Crippen MR) is 127 cm³/mol. The van der Waals surface area contributed by atoms with Crippen molar-refractivity contribution in [2.24, 2.45) is 0 Å². The molecule has 0 atom stereocenters. The largest absolute Gasteiger partial charge is 0.497 e. The standard InChI is InChI=1S/C23H26N4O5S/c1-14-19-22(24-13-27(23(19)30)12-18(28)26-9-5-4-6-10-26)33-20(14)21(29)25-16-8-7-15(31-2)11-17(16)32-3/h7-8,11,13H,4-6,9-10,12H2,1-3H3,(H,25,29). The van der Waals surface area contributed by atoms with Gasteiger partial charge in [-0.3, -0.25) is 19.0 Å². The first-order valence-corrected chi connectivity index (χ1v) is 11.5. The molecule has 9 nitrogen and oxygen atoms in total. The molecular weight excluding hydrogens is 444 g/mol. The van der Waals surface area contributed by atoms with E-state index < -0.39 is 0 Å². The van der Waals surface area contributed by atoms with Crippen molar-refractivity contribution in [1.82, 2.24) is 14.5 Å². The van der Waals surface area contributed by atoms with Gasteiger partial charge in [-0.05, 0) is 43.9 Å². The zero-order valence-electron chi connectivity index (χ0n) is 18.8. The van der Waals surface area contributed by atoms with Gasteiger partial charge in [0.05, 0.1) is 36.5 Å². The highest BCUT2D eigenvalue weighted by molar-refractivity contribution is 7.20. The van der Waals surface area contributed by atoms with Gasteiger partial charge in [0.1, 0.15) is 22.9 Å². The van der Waals surface area contributed by atoms with E-state index in [-0.39, 0.29) is 23.9 Å². The lowest BCUT2D eigenvalue weighted by atomic mass is 10.1. The van der Waals surface area contributed by atoms with Gasteiger partial charge in [0.25, 0.3) is 11.5 Å². The van der Waals surface area contributed by atoms with Crippen molar-refractivity contribution in [1.29, 1.82) is 0 Å². The average Bonchev–Trinajstić information content (AvgIpc) is 3.18. The summed E-state index contributed by atoms with van der Waals surface area (Å²) in [6, 6.07) is 5.08. The Labute approximate surface area is 194 Å². The highest BCUT2D eigenvalue weighted by Crippen LogP contribution is 2.32. The number of likely N-dealkylation sites (tertiary alicyclic amines) is 1. The molecule has 3 heterocycles. The molecule has 0 bridgehead atoms. The fourth-order valence-electron chi connectivity index (χ4n) is 3.96. The molecule has 2 amide bonds. The van der Waals surface area contributed by atoms with E-state index in [1.807, 2.05) is 0 Å². The Balaban J connectivity index is 1.60. The van der Waals surface area contributed by atoms with Crippen LogP contribution in [0.1, 0.15) is 34.5 Å². The molecule has 33 heavy (non-hydrogen) atoms. The summed E-state index contributed by atoms with van der Waals surface area (Å²) in [5.41, 5.74) is 0.704. The predicted octanol–water partition coefficient (Wildman–Crippen LogP) is 3.05.